The summed E-state index contributed by atoms with van der Waals surface area (Å²) in [6.45, 7) is 0.502. The van der Waals surface area contributed by atoms with Gasteiger partial charge in [-0.3, -0.25) is 4.79 Å². The maximum absolute atomic E-state index is 12.1. The molecule has 0 radical (unpaired) electrons. The van der Waals surface area contributed by atoms with E-state index < -0.39 is 18.0 Å². The van der Waals surface area contributed by atoms with Crippen LogP contribution >= 0.6 is 0 Å². The van der Waals surface area contributed by atoms with Gasteiger partial charge in [-0.1, -0.05) is 30.3 Å². The summed E-state index contributed by atoms with van der Waals surface area (Å²) in [7, 11) is 0. The largest absolute Gasteiger partial charge is 0.481 e. The predicted molar refractivity (Wildman–Crippen MR) is 71.0 cm³/mol. The van der Waals surface area contributed by atoms with Crippen molar-refractivity contribution in [3.63, 3.8) is 0 Å². The number of fused-ring (bicyclic) bond motifs is 2. The quantitative estimate of drug-likeness (QED) is 0.917. The van der Waals surface area contributed by atoms with E-state index in [1.165, 1.54) is 0 Å². The standard InChI is InChI=1S/C15H17NO4/c17-14(18)13-8-16(12-6-11(13)7-12)15(19)20-9-10-4-2-1-3-5-10/h1-5,11-13H,6-9H2,(H,17,18). The van der Waals surface area contributed by atoms with Gasteiger partial charge in [0, 0.05) is 12.6 Å². The van der Waals surface area contributed by atoms with Gasteiger partial charge in [-0.15, -0.1) is 0 Å². The molecule has 2 heterocycles. The van der Waals surface area contributed by atoms with E-state index in [0.717, 1.165) is 18.4 Å². The first-order valence-corrected chi connectivity index (χ1v) is 6.85. The molecule has 1 unspecified atom stereocenters. The molecule has 1 atom stereocenters. The number of ether oxygens (including phenoxy) is 1. The number of benzene rings is 1. The van der Waals surface area contributed by atoms with Crippen LogP contribution in [-0.2, 0) is 16.1 Å². The highest BCUT2D eigenvalue weighted by atomic mass is 16.6. The Morgan fingerprint density at radius 3 is 2.60 bits per heavy atom. The van der Waals surface area contributed by atoms with E-state index in [4.69, 9.17) is 9.84 Å². The van der Waals surface area contributed by atoms with Crippen molar-refractivity contribution in [2.24, 2.45) is 11.8 Å². The SMILES string of the molecule is O=C(O)C1CN(C(=O)OCc2ccccc2)C2CC1C2. The summed E-state index contributed by atoms with van der Waals surface area (Å²) in [4.78, 5) is 24.8. The molecule has 1 aromatic carbocycles. The lowest BCUT2D eigenvalue weighted by Crippen LogP contribution is -2.59. The molecule has 3 aliphatic rings. The Morgan fingerprint density at radius 2 is 1.95 bits per heavy atom. The topological polar surface area (TPSA) is 66.8 Å². The second kappa shape index (κ2) is 5.15. The summed E-state index contributed by atoms with van der Waals surface area (Å²) in [6, 6.07) is 9.63. The minimum Gasteiger partial charge on any atom is -0.481 e. The van der Waals surface area contributed by atoms with Crippen LogP contribution in [0.5, 0.6) is 0 Å². The fourth-order valence-electron chi connectivity index (χ4n) is 3.03. The lowest BCUT2D eigenvalue weighted by molar-refractivity contribution is -0.151. The molecule has 2 aliphatic heterocycles. The van der Waals surface area contributed by atoms with Gasteiger partial charge < -0.3 is 14.7 Å². The van der Waals surface area contributed by atoms with E-state index in [0.29, 0.717) is 0 Å². The monoisotopic (exact) mass is 275 g/mol. The van der Waals surface area contributed by atoms with Crippen LogP contribution < -0.4 is 0 Å². The number of amides is 1. The number of carbonyl (C=O) groups excluding carboxylic acids is 1. The Balaban J connectivity index is 1.58. The number of rotatable bonds is 3. The molecular weight excluding hydrogens is 258 g/mol. The van der Waals surface area contributed by atoms with Crippen molar-refractivity contribution >= 4 is 12.1 Å². The van der Waals surface area contributed by atoms with Crippen molar-refractivity contribution in [3.8, 4) is 0 Å². The number of carbonyl (C=O) groups is 2. The van der Waals surface area contributed by atoms with Crippen LogP contribution in [0, 0.1) is 11.8 Å². The maximum atomic E-state index is 12.1. The van der Waals surface area contributed by atoms with Crippen LogP contribution in [0.15, 0.2) is 30.3 Å². The van der Waals surface area contributed by atoms with Crippen molar-refractivity contribution in [1.29, 1.82) is 0 Å². The van der Waals surface area contributed by atoms with Crippen molar-refractivity contribution in [2.75, 3.05) is 6.54 Å². The minimum absolute atomic E-state index is 0.166. The summed E-state index contributed by atoms with van der Waals surface area (Å²) >= 11 is 0. The molecule has 1 aromatic rings. The molecule has 1 amide bonds. The van der Waals surface area contributed by atoms with Gasteiger partial charge in [0.1, 0.15) is 6.61 Å². The van der Waals surface area contributed by atoms with Crippen molar-refractivity contribution in [1.82, 2.24) is 4.90 Å². The van der Waals surface area contributed by atoms with E-state index in [1.54, 1.807) is 4.90 Å². The first-order chi connectivity index (χ1) is 9.65. The van der Waals surface area contributed by atoms with Crippen molar-refractivity contribution in [3.05, 3.63) is 35.9 Å². The molecule has 4 rings (SSSR count). The van der Waals surface area contributed by atoms with Crippen LogP contribution in [0.1, 0.15) is 18.4 Å². The molecule has 20 heavy (non-hydrogen) atoms. The number of carboxylic acids is 1. The zero-order valence-electron chi connectivity index (χ0n) is 11.1. The third-order valence-electron chi connectivity index (χ3n) is 4.31. The number of piperidine rings is 2. The summed E-state index contributed by atoms with van der Waals surface area (Å²) < 4.78 is 5.28. The Hall–Kier alpha value is -2.04. The molecule has 106 valence electrons. The predicted octanol–water partition coefficient (Wildman–Crippen LogP) is 2.12. The van der Waals surface area contributed by atoms with Crippen molar-refractivity contribution < 1.29 is 19.4 Å². The number of nitrogens with zero attached hydrogens (tertiary/aromatic N) is 1. The number of aliphatic carboxylic acids is 1. The van der Waals surface area contributed by atoms with Crippen LogP contribution in [0.2, 0.25) is 0 Å². The first kappa shape index (κ1) is 13.0. The van der Waals surface area contributed by atoms with E-state index in [9.17, 15) is 9.59 Å². The highest BCUT2D eigenvalue weighted by molar-refractivity contribution is 5.74. The van der Waals surface area contributed by atoms with E-state index in [-0.39, 0.29) is 25.1 Å². The smallest absolute Gasteiger partial charge is 0.410 e. The molecule has 3 fully saturated rings. The molecule has 5 nitrogen and oxygen atoms in total. The van der Waals surface area contributed by atoms with Gasteiger partial charge in [-0.05, 0) is 24.3 Å². The third kappa shape index (κ3) is 2.35. The lowest BCUT2D eigenvalue weighted by atomic mass is 9.67. The van der Waals surface area contributed by atoms with Crippen LogP contribution in [0.4, 0.5) is 4.79 Å². The third-order valence-corrected chi connectivity index (χ3v) is 4.31. The van der Waals surface area contributed by atoms with E-state index in [2.05, 4.69) is 0 Å². The molecule has 1 aliphatic carbocycles. The summed E-state index contributed by atoms with van der Waals surface area (Å²) in [5.74, 6) is -1.02. The van der Waals surface area contributed by atoms with Gasteiger partial charge in [-0.25, -0.2) is 4.79 Å². The number of hydrogen-bond donors (Lipinski definition) is 1. The van der Waals surface area contributed by atoms with Gasteiger partial charge in [0.05, 0.1) is 5.92 Å². The Kier molecular flexibility index (Phi) is 3.34. The molecule has 2 bridgehead atoms. The average Bonchev–Trinajstić information content (AvgIpc) is 2.44. The Labute approximate surface area is 117 Å². The van der Waals surface area contributed by atoms with Gasteiger partial charge in [0.25, 0.3) is 0 Å². The average molecular weight is 275 g/mol. The molecule has 5 heteroatoms. The molecule has 1 N–H and O–H groups in total. The van der Waals surface area contributed by atoms with Crippen LogP contribution in [0.3, 0.4) is 0 Å². The first-order valence-electron chi connectivity index (χ1n) is 6.85. The highest BCUT2D eigenvalue weighted by Crippen LogP contribution is 2.43. The second-order valence-corrected chi connectivity index (χ2v) is 5.52. The molecule has 2 saturated heterocycles. The lowest BCUT2D eigenvalue weighted by Gasteiger charge is -2.51. The molecular formula is C15H17NO4. The minimum atomic E-state index is -0.811. The molecule has 0 spiro atoms. The van der Waals surface area contributed by atoms with E-state index in [1.807, 2.05) is 30.3 Å². The van der Waals surface area contributed by atoms with Gasteiger partial charge in [0.15, 0.2) is 0 Å². The Bertz CT molecular complexity index is 510. The number of carboxylic acid groups (broad SMARTS) is 1. The maximum Gasteiger partial charge on any atom is 0.410 e. The van der Waals surface area contributed by atoms with Crippen LogP contribution in [0.25, 0.3) is 0 Å². The Morgan fingerprint density at radius 1 is 1.25 bits per heavy atom. The zero-order chi connectivity index (χ0) is 14.1. The fourth-order valence-corrected chi connectivity index (χ4v) is 3.03. The summed E-state index contributed by atoms with van der Waals surface area (Å²) in [6.07, 6.45) is 1.18. The zero-order valence-corrected chi connectivity index (χ0v) is 11.1. The number of hydrogen-bond acceptors (Lipinski definition) is 3. The van der Waals surface area contributed by atoms with Crippen LogP contribution in [-0.4, -0.2) is 34.7 Å². The second-order valence-electron chi connectivity index (χ2n) is 5.52. The van der Waals surface area contributed by atoms with Gasteiger partial charge in [0.2, 0.25) is 0 Å². The van der Waals surface area contributed by atoms with E-state index >= 15 is 0 Å². The van der Waals surface area contributed by atoms with Crippen molar-refractivity contribution in [2.45, 2.75) is 25.5 Å². The summed E-state index contributed by atoms with van der Waals surface area (Å²) in [5, 5.41) is 9.16. The van der Waals surface area contributed by atoms with Gasteiger partial charge in [-0.2, -0.15) is 0 Å². The highest BCUT2D eigenvalue weighted by Gasteiger charge is 2.49. The normalized spacial score (nSPS) is 27.6. The molecule has 1 saturated carbocycles. The van der Waals surface area contributed by atoms with Gasteiger partial charge >= 0.3 is 12.1 Å². The molecule has 0 aromatic heterocycles. The summed E-state index contributed by atoms with van der Waals surface area (Å²) in [5.41, 5.74) is 0.930. The fraction of sp³-hybridized carbons (Fsp3) is 0.467.